The first-order chi connectivity index (χ1) is 11.1. The summed E-state index contributed by atoms with van der Waals surface area (Å²) in [6.07, 6.45) is 6.91. The highest BCUT2D eigenvalue weighted by Crippen LogP contribution is 2.25. The minimum Gasteiger partial charge on any atom is -0.384 e. The van der Waals surface area contributed by atoms with Crippen molar-refractivity contribution in [3.8, 4) is 0 Å². The Morgan fingerprint density at radius 3 is 2.87 bits per heavy atom. The maximum Gasteiger partial charge on any atom is 0.248 e. The molecule has 0 radical (unpaired) electrons. The van der Waals surface area contributed by atoms with Gasteiger partial charge in [0, 0.05) is 25.7 Å². The van der Waals surface area contributed by atoms with Crippen LogP contribution in [0.4, 0.5) is 0 Å². The molecule has 23 heavy (non-hydrogen) atoms. The molecule has 1 fully saturated rings. The Morgan fingerprint density at radius 1 is 1.35 bits per heavy atom. The van der Waals surface area contributed by atoms with Crippen molar-refractivity contribution in [1.82, 2.24) is 20.0 Å². The maximum atomic E-state index is 11.5. The van der Waals surface area contributed by atoms with Crippen LogP contribution in [-0.2, 0) is 24.4 Å². The first-order valence-corrected chi connectivity index (χ1v) is 8.89. The number of aliphatic hydroxyl groups excluding tert-OH is 1. The van der Waals surface area contributed by atoms with E-state index in [-0.39, 0.29) is 5.91 Å². The largest absolute Gasteiger partial charge is 0.384 e. The average molecular weight is 320 g/mol. The Morgan fingerprint density at radius 2 is 2.13 bits per heavy atom. The number of carbonyl (C=O) groups is 1. The normalized spacial score (nSPS) is 21.5. The Bertz CT molecular complexity index is 535. The molecule has 1 aromatic heterocycles. The monoisotopic (exact) mass is 320 g/mol. The van der Waals surface area contributed by atoms with Crippen molar-refractivity contribution in [1.29, 1.82) is 0 Å². The molecule has 1 amide bonds. The van der Waals surface area contributed by atoms with Crippen molar-refractivity contribution < 1.29 is 9.90 Å². The topological polar surface area (TPSA) is 70.4 Å². The maximum absolute atomic E-state index is 11.5. The summed E-state index contributed by atoms with van der Waals surface area (Å²) < 4.78 is 2.09. The second-order valence-corrected chi connectivity index (χ2v) is 6.86. The van der Waals surface area contributed by atoms with E-state index in [4.69, 9.17) is 0 Å². The number of amides is 1. The lowest BCUT2D eigenvalue weighted by atomic mass is 9.94. The first-order valence-electron chi connectivity index (χ1n) is 8.89. The summed E-state index contributed by atoms with van der Waals surface area (Å²) in [4.78, 5) is 14.1. The van der Waals surface area contributed by atoms with Gasteiger partial charge in [-0.05, 0) is 32.3 Å². The van der Waals surface area contributed by atoms with Crippen LogP contribution in [-0.4, -0.2) is 44.4 Å². The minimum absolute atomic E-state index is 0.350. The highest BCUT2D eigenvalue weighted by atomic mass is 16.3. The molecular weight excluding hydrogens is 292 g/mol. The van der Waals surface area contributed by atoms with Crippen LogP contribution in [0.2, 0.25) is 0 Å². The highest BCUT2D eigenvalue weighted by Gasteiger charge is 2.24. The Labute approximate surface area is 137 Å². The van der Waals surface area contributed by atoms with Gasteiger partial charge in [-0.25, -0.2) is 0 Å². The second kappa shape index (κ2) is 7.45. The average Bonchev–Trinajstić information content (AvgIpc) is 2.83. The van der Waals surface area contributed by atoms with E-state index in [2.05, 4.69) is 26.1 Å². The van der Waals surface area contributed by atoms with E-state index in [1.807, 2.05) is 0 Å². The summed E-state index contributed by atoms with van der Waals surface area (Å²) in [5.74, 6) is -0.350. The SMILES string of the molecule is C[C@H](O)C(=O)NCc1cc2n(n1)CCCN(C1CCCCC1)C2. The molecule has 1 aliphatic carbocycles. The van der Waals surface area contributed by atoms with E-state index in [1.54, 1.807) is 0 Å². The Balaban J connectivity index is 1.63. The number of rotatable bonds is 4. The van der Waals surface area contributed by atoms with E-state index in [0.717, 1.165) is 37.8 Å². The zero-order valence-electron chi connectivity index (χ0n) is 14.0. The smallest absolute Gasteiger partial charge is 0.248 e. The molecule has 6 heteroatoms. The number of hydrogen-bond donors (Lipinski definition) is 2. The van der Waals surface area contributed by atoms with Crippen LogP contribution in [0.5, 0.6) is 0 Å². The number of aromatic nitrogens is 2. The molecular formula is C17H28N4O2. The quantitative estimate of drug-likeness (QED) is 0.880. The lowest BCUT2D eigenvalue weighted by Gasteiger charge is -2.33. The summed E-state index contributed by atoms with van der Waals surface area (Å²) >= 11 is 0. The van der Waals surface area contributed by atoms with Crippen LogP contribution in [0, 0.1) is 0 Å². The Kier molecular flexibility index (Phi) is 5.33. The first kappa shape index (κ1) is 16.5. The molecule has 6 nitrogen and oxygen atoms in total. The molecule has 1 atom stereocenters. The van der Waals surface area contributed by atoms with Crippen molar-refractivity contribution in [3.05, 3.63) is 17.5 Å². The van der Waals surface area contributed by atoms with Crippen molar-refractivity contribution in [2.75, 3.05) is 6.54 Å². The zero-order chi connectivity index (χ0) is 16.2. The van der Waals surface area contributed by atoms with Gasteiger partial charge in [-0.1, -0.05) is 19.3 Å². The fourth-order valence-electron chi connectivity index (χ4n) is 3.72. The van der Waals surface area contributed by atoms with Crippen molar-refractivity contribution in [3.63, 3.8) is 0 Å². The summed E-state index contributed by atoms with van der Waals surface area (Å²) in [5.41, 5.74) is 2.12. The third kappa shape index (κ3) is 4.12. The van der Waals surface area contributed by atoms with Crippen LogP contribution in [0.3, 0.4) is 0 Å². The molecule has 2 heterocycles. The number of aryl methyl sites for hydroxylation is 1. The molecule has 1 saturated carbocycles. The van der Waals surface area contributed by atoms with Gasteiger partial charge in [0.1, 0.15) is 6.10 Å². The van der Waals surface area contributed by atoms with Crippen molar-refractivity contribution >= 4 is 5.91 Å². The van der Waals surface area contributed by atoms with E-state index >= 15 is 0 Å². The van der Waals surface area contributed by atoms with Gasteiger partial charge in [0.2, 0.25) is 5.91 Å². The van der Waals surface area contributed by atoms with Gasteiger partial charge >= 0.3 is 0 Å². The lowest BCUT2D eigenvalue weighted by Crippen LogP contribution is -2.36. The van der Waals surface area contributed by atoms with Gasteiger partial charge in [-0.2, -0.15) is 5.10 Å². The van der Waals surface area contributed by atoms with Gasteiger partial charge in [0.25, 0.3) is 0 Å². The van der Waals surface area contributed by atoms with E-state index in [0.29, 0.717) is 6.54 Å². The van der Waals surface area contributed by atoms with Crippen LogP contribution >= 0.6 is 0 Å². The van der Waals surface area contributed by atoms with Gasteiger partial charge in [-0.15, -0.1) is 0 Å². The Hall–Kier alpha value is -1.40. The molecule has 1 aromatic rings. The highest BCUT2D eigenvalue weighted by molar-refractivity contribution is 5.79. The van der Waals surface area contributed by atoms with E-state index < -0.39 is 6.10 Å². The van der Waals surface area contributed by atoms with Crippen LogP contribution in [0.25, 0.3) is 0 Å². The predicted octanol–water partition coefficient (Wildman–Crippen LogP) is 1.42. The number of hydrogen-bond acceptors (Lipinski definition) is 4. The number of fused-ring (bicyclic) bond motifs is 1. The summed E-state index contributed by atoms with van der Waals surface area (Å²) in [6, 6.07) is 2.83. The fraction of sp³-hybridized carbons (Fsp3) is 0.765. The molecule has 2 aliphatic rings. The van der Waals surface area contributed by atoms with E-state index in [9.17, 15) is 9.90 Å². The second-order valence-electron chi connectivity index (χ2n) is 6.86. The van der Waals surface area contributed by atoms with Gasteiger partial charge in [-0.3, -0.25) is 14.4 Å². The standard InChI is InChI=1S/C17H28N4O2/c1-13(22)17(23)18-11-14-10-16-12-20(8-5-9-21(16)19-14)15-6-3-2-4-7-15/h10,13,15,22H,2-9,11-12H2,1H3,(H,18,23)/t13-/m0/s1. The molecule has 0 aromatic carbocycles. The number of aliphatic hydroxyl groups is 1. The molecule has 3 rings (SSSR count). The van der Waals surface area contributed by atoms with Crippen LogP contribution in [0.15, 0.2) is 6.07 Å². The van der Waals surface area contributed by atoms with E-state index in [1.165, 1.54) is 44.7 Å². The lowest BCUT2D eigenvalue weighted by molar-refractivity contribution is -0.128. The van der Waals surface area contributed by atoms with Crippen LogP contribution < -0.4 is 5.32 Å². The summed E-state index contributed by atoms with van der Waals surface area (Å²) in [6.45, 7) is 4.92. The predicted molar refractivity (Wildman–Crippen MR) is 87.7 cm³/mol. The third-order valence-corrected chi connectivity index (χ3v) is 5.01. The van der Waals surface area contributed by atoms with Crippen molar-refractivity contribution in [2.45, 2.75) is 77.2 Å². The summed E-state index contributed by atoms with van der Waals surface area (Å²) in [7, 11) is 0. The molecule has 0 saturated heterocycles. The van der Waals surface area contributed by atoms with Gasteiger partial charge in [0.15, 0.2) is 0 Å². The van der Waals surface area contributed by atoms with Crippen molar-refractivity contribution in [2.24, 2.45) is 0 Å². The van der Waals surface area contributed by atoms with Crippen LogP contribution in [0.1, 0.15) is 56.8 Å². The molecule has 128 valence electrons. The minimum atomic E-state index is -0.975. The molecule has 2 N–H and O–H groups in total. The number of carbonyl (C=O) groups excluding carboxylic acids is 1. The van der Waals surface area contributed by atoms with Gasteiger partial charge in [0.05, 0.1) is 17.9 Å². The molecule has 0 unspecified atom stereocenters. The zero-order valence-corrected chi connectivity index (χ0v) is 14.0. The number of nitrogens with zero attached hydrogens (tertiary/aromatic N) is 3. The van der Waals surface area contributed by atoms with Gasteiger partial charge < -0.3 is 10.4 Å². The molecule has 1 aliphatic heterocycles. The number of nitrogens with one attached hydrogen (secondary N) is 1. The fourth-order valence-corrected chi connectivity index (χ4v) is 3.72. The molecule has 0 bridgehead atoms. The molecule has 0 spiro atoms. The third-order valence-electron chi connectivity index (χ3n) is 5.01. The summed E-state index contributed by atoms with van der Waals surface area (Å²) in [5, 5.41) is 16.6.